The SMILES string of the molecule is CCCCCCCCCN(CCC)CCCC1CCNCC1. The molecule has 0 aliphatic carbocycles. The van der Waals surface area contributed by atoms with Crippen molar-refractivity contribution in [2.24, 2.45) is 5.92 Å². The van der Waals surface area contributed by atoms with Crippen LogP contribution in [0.25, 0.3) is 0 Å². The zero-order valence-corrected chi connectivity index (χ0v) is 15.5. The summed E-state index contributed by atoms with van der Waals surface area (Å²) >= 11 is 0. The molecule has 1 N–H and O–H groups in total. The Labute approximate surface area is 140 Å². The molecule has 132 valence electrons. The number of hydrogen-bond acceptors (Lipinski definition) is 2. The maximum atomic E-state index is 3.48. The molecule has 0 aromatic carbocycles. The van der Waals surface area contributed by atoms with E-state index in [4.69, 9.17) is 0 Å². The predicted octanol–water partition coefficient (Wildman–Crippen LogP) is 5.23. The summed E-state index contributed by atoms with van der Waals surface area (Å²) in [5.41, 5.74) is 0. The van der Waals surface area contributed by atoms with Crippen LogP contribution in [0.4, 0.5) is 0 Å². The number of piperidine rings is 1. The highest BCUT2D eigenvalue weighted by molar-refractivity contribution is 4.69. The second-order valence-electron chi connectivity index (χ2n) is 7.30. The molecule has 1 fully saturated rings. The zero-order chi connectivity index (χ0) is 15.9. The minimum atomic E-state index is 1.00. The molecule has 1 saturated heterocycles. The van der Waals surface area contributed by atoms with Crippen LogP contribution in [0.5, 0.6) is 0 Å². The molecule has 0 saturated carbocycles. The third kappa shape index (κ3) is 10.6. The predicted molar refractivity (Wildman–Crippen MR) is 99.6 cm³/mol. The molecule has 2 nitrogen and oxygen atoms in total. The van der Waals surface area contributed by atoms with Gasteiger partial charge in [0, 0.05) is 0 Å². The van der Waals surface area contributed by atoms with Crippen LogP contribution in [0.3, 0.4) is 0 Å². The fourth-order valence-electron chi connectivity index (χ4n) is 3.72. The van der Waals surface area contributed by atoms with E-state index in [0.717, 1.165) is 5.92 Å². The van der Waals surface area contributed by atoms with Crippen molar-refractivity contribution in [2.75, 3.05) is 32.7 Å². The molecule has 0 radical (unpaired) electrons. The van der Waals surface area contributed by atoms with Crippen LogP contribution >= 0.6 is 0 Å². The number of unbranched alkanes of at least 4 members (excludes halogenated alkanes) is 6. The molecule has 0 aromatic heterocycles. The van der Waals surface area contributed by atoms with E-state index in [1.165, 1.54) is 110 Å². The van der Waals surface area contributed by atoms with E-state index >= 15 is 0 Å². The second-order valence-corrected chi connectivity index (χ2v) is 7.30. The van der Waals surface area contributed by atoms with Crippen LogP contribution in [0.1, 0.15) is 90.9 Å². The van der Waals surface area contributed by atoms with Gasteiger partial charge in [0.2, 0.25) is 0 Å². The molecule has 1 aliphatic heterocycles. The minimum Gasteiger partial charge on any atom is -0.317 e. The van der Waals surface area contributed by atoms with E-state index < -0.39 is 0 Å². The summed E-state index contributed by atoms with van der Waals surface area (Å²) in [6.45, 7) is 11.1. The highest BCUT2D eigenvalue weighted by atomic mass is 15.1. The summed E-state index contributed by atoms with van der Waals surface area (Å²) in [6, 6.07) is 0. The average Bonchev–Trinajstić information content (AvgIpc) is 2.55. The van der Waals surface area contributed by atoms with Crippen LogP contribution in [0, 0.1) is 5.92 Å². The third-order valence-corrected chi connectivity index (χ3v) is 5.16. The van der Waals surface area contributed by atoms with Crippen molar-refractivity contribution in [1.29, 1.82) is 0 Å². The second kappa shape index (κ2) is 14.5. The molecule has 0 atom stereocenters. The lowest BCUT2D eigenvalue weighted by atomic mass is 9.93. The lowest BCUT2D eigenvalue weighted by Crippen LogP contribution is -2.30. The summed E-state index contributed by atoms with van der Waals surface area (Å²) in [6.07, 6.45) is 17.0. The van der Waals surface area contributed by atoms with Gasteiger partial charge in [-0.05, 0) is 77.2 Å². The van der Waals surface area contributed by atoms with Gasteiger partial charge in [0.15, 0.2) is 0 Å². The largest absolute Gasteiger partial charge is 0.317 e. The Morgan fingerprint density at radius 3 is 2.05 bits per heavy atom. The maximum absolute atomic E-state index is 3.48. The molecule has 22 heavy (non-hydrogen) atoms. The van der Waals surface area contributed by atoms with Crippen molar-refractivity contribution in [3.63, 3.8) is 0 Å². The fraction of sp³-hybridized carbons (Fsp3) is 1.00. The zero-order valence-electron chi connectivity index (χ0n) is 15.5. The Balaban J connectivity index is 2.00. The van der Waals surface area contributed by atoms with Crippen molar-refractivity contribution in [3.05, 3.63) is 0 Å². The van der Waals surface area contributed by atoms with Gasteiger partial charge in [0.1, 0.15) is 0 Å². The van der Waals surface area contributed by atoms with Crippen LogP contribution < -0.4 is 5.32 Å². The first-order valence-corrected chi connectivity index (χ1v) is 10.3. The number of nitrogens with one attached hydrogen (secondary N) is 1. The minimum absolute atomic E-state index is 1.00. The first-order chi connectivity index (χ1) is 10.9. The molecule has 0 bridgehead atoms. The average molecular weight is 311 g/mol. The summed E-state index contributed by atoms with van der Waals surface area (Å²) in [4.78, 5) is 2.73. The molecule has 0 aromatic rings. The van der Waals surface area contributed by atoms with Crippen LogP contribution in [-0.4, -0.2) is 37.6 Å². The van der Waals surface area contributed by atoms with Gasteiger partial charge in [0.25, 0.3) is 0 Å². The van der Waals surface area contributed by atoms with Gasteiger partial charge in [0.05, 0.1) is 0 Å². The van der Waals surface area contributed by atoms with Crippen molar-refractivity contribution >= 4 is 0 Å². The molecular formula is C20H42N2. The van der Waals surface area contributed by atoms with Gasteiger partial charge in [-0.3, -0.25) is 0 Å². The van der Waals surface area contributed by atoms with Gasteiger partial charge in [-0.15, -0.1) is 0 Å². The van der Waals surface area contributed by atoms with Gasteiger partial charge in [-0.2, -0.15) is 0 Å². The van der Waals surface area contributed by atoms with Gasteiger partial charge < -0.3 is 10.2 Å². The summed E-state index contributed by atoms with van der Waals surface area (Å²) < 4.78 is 0. The monoisotopic (exact) mass is 310 g/mol. The Bertz CT molecular complexity index is 224. The quantitative estimate of drug-likeness (QED) is 0.442. The Hall–Kier alpha value is -0.0800. The van der Waals surface area contributed by atoms with Crippen molar-refractivity contribution in [2.45, 2.75) is 90.9 Å². The smallest absolute Gasteiger partial charge is 0.00186 e. The third-order valence-electron chi connectivity index (χ3n) is 5.16. The van der Waals surface area contributed by atoms with Crippen LogP contribution in [0.2, 0.25) is 0 Å². The summed E-state index contributed by atoms with van der Waals surface area (Å²) in [5, 5.41) is 3.48. The van der Waals surface area contributed by atoms with E-state index in [1.54, 1.807) is 0 Å². The topological polar surface area (TPSA) is 15.3 Å². The Morgan fingerprint density at radius 2 is 1.36 bits per heavy atom. The fourth-order valence-corrected chi connectivity index (χ4v) is 3.72. The number of nitrogens with zero attached hydrogens (tertiary/aromatic N) is 1. The van der Waals surface area contributed by atoms with Crippen molar-refractivity contribution < 1.29 is 0 Å². The molecule has 1 heterocycles. The first kappa shape index (κ1) is 20.0. The molecule has 0 unspecified atom stereocenters. The van der Waals surface area contributed by atoms with E-state index in [9.17, 15) is 0 Å². The van der Waals surface area contributed by atoms with E-state index in [2.05, 4.69) is 24.1 Å². The molecule has 1 rings (SSSR count). The van der Waals surface area contributed by atoms with E-state index in [-0.39, 0.29) is 0 Å². The normalized spacial score (nSPS) is 16.5. The van der Waals surface area contributed by atoms with Gasteiger partial charge >= 0.3 is 0 Å². The highest BCUT2D eigenvalue weighted by Crippen LogP contribution is 2.18. The molecule has 1 aliphatic rings. The van der Waals surface area contributed by atoms with Crippen molar-refractivity contribution in [1.82, 2.24) is 10.2 Å². The number of rotatable bonds is 14. The van der Waals surface area contributed by atoms with Crippen molar-refractivity contribution in [3.8, 4) is 0 Å². The van der Waals surface area contributed by atoms with E-state index in [0.29, 0.717) is 0 Å². The number of hydrogen-bond donors (Lipinski definition) is 1. The highest BCUT2D eigenvalue weighted by Gasteiger charge is 2.13. The maximum Gasteiger partial charge on any atom is -0.00186 e. The molecular weight excluding hydrogens is 268 g/mol. The standard InChI is InChI=1S/C20H42N2/c1-3-5-6-7-8-9-10-18-22(17-4-2)19-11-12-20-13-15-21-16-14-20/h20-21H,3-19H2,1-2H3. The molecule has 2 heteroatoms. The van der Waals surface area contributed by atoms with Crippen LogP contribution in [-0.2, 0) is 0 Å². The summed E-state index contributed by atoms with van der Waals surface area (Å²) in [5.74, 6) is 1.00. The summed E-state index contributed by atoms with van der Waals surface area (Å²) in [7, 11) is 0. The van der Waals surface area contributed by atoms with Crippen LogP contribution in [0.15, 0.2) is 0 Å². The molecule has 0 spiro atoms. The van der Waals surface area contributed by atoms with Gasteiger partial charge in [-0.25, -0.2) is 0 Å². The Kier molecular flexibility index (Phi) is 13.2. The lowest BCUT2D eigenvalue weighted by molar-refractivity contribution is 0.246. The Morgan fingerprint density at radius 1 is 0.727 bits per heavy atom. The molecule has 0 amide bonds. The lowest BCUT2D eigenvalue weighted by Gasteiger charge is -2.25. The first-order valence-electron chi connectivity index (χ1n) is 10.3. The van der Waals surface area contributed by atoms with E-state index in [1.807, 2.05) is 0 Å². The van der Waals surface area contributed by atoms with Gasteiger partial charge in [-0.1, -0.05) is 52.4 Å².